The van der Waals surface area contributed by atoms with E-state index in [1.807, 2.05) is 138 Å². The first kappa shape index (κ1) is 65.6. The Hall–Kier alpha value is -12.8. The number of hydrogen-bond donors (Lipinski definition) is 10. The number of rotatable bonds is 17. The summed E-state index contributed by atoms with van der Waals surface area (Å²) < 4.78 is 10.4. The molecule has 26 heteroatoms. The summed E-state index contributed by atoms with van der Waals surface area (Å²) in [5.41, 5.74) is 53.6. The van der Waals surface area contributed by atoms with Crippen molar-refractivity contribution in [3.8, 4) is 0 Å². The summed E-state index contributed by atoms with van der Waals surface area (Å²) in [6.45, 7) is 9.24. The number of carbonyl (C=O) groups excluding carboxylic acids is 6. The molecule has 0 spiro atoms. The molecule has 0 aliphatic heterocycles. The van der Waals surface area contributed by atoms with E-state index in [0.29, 0.717) is 30.9 Å². The fourth-order valence-electron chi connectivity index (χ4n) is 12.2. The number of hydrogen-bond acceptors (Lipinski definition) is 14. The maximum absolute atomic E-state index is 11.7. The van der Waals surface area contributed by atoms with Crippen LogP contribution in [-0.2, 0) is 44.1 Å². The molecule has 9 aromatic heterocycles. The first-order valence-electron chi connectivity index (χ1n) is 31.0. The molecule has 0 radical (unpaired) electrons. The van der Waals surface area contributed by atoms with Crippen molar-refractivity contribution in [3.63, 3.8) is 0 Å². The molecule has 0 saturated carbocycles. The molecule has 14 rings (SSSR count). The van der Waals surface area contributed by atoms with E-state index in [9.17, 15) is 28.8 Å². The molecule has 26 nitrogen and oxygen atoms in total. The smallest absolute Gasteiger partial charge is 0.317 e. The minimum atomic E-state index is -0.798. The van der Waals surface area contributed by atoms with Crippen LogP contribution >= 0.6 is 0 Å². The van der Waals surface area contributed by atoms with Gasteiger partial charge in [0.25, 0.3) is 23.6 Å². The lowest BCUT2D eigenvalue weighted by Crippen LogP contribution is -2.24. The highest BCUT2D eigenvalue weighted by molar-refractivity contribution is 6.15. The lowest BCUT2D eigenvalue weighted by atomic mass is 10.1. The van der Waals surface area contributed by atoms with E-state index in [4.69, 9.17) is 45.9 Å². The average molecular weight is 1300 g/mol. The number of nitrogens with two attached hydrogens (primary N) is 8. The predicted octanol–water partition coefficient (Wildman–Crippen LogP) is 8.18. The van der Waals surface area contributed by atoms with Crippen molar-refractivity contribution in [1.29, 1.82) is 0 Å². The second-order valence-corrected chi connectivity index (χ2v) is 23.0. The topological polar surface area (TPSA) is 414 Å². The maximum Gasteiger partial charge on any atom is 0.317 e. The van der Waals surface area contributed by atoms with Crippen LogP contribution in [0.25, 0.3) is 87.7 Å². The standard InChI is InChI=1S/C22H23N5O.C18H17N5O.C16H17N5O2.C15H15N5O2/c1-26(14-15-7-3-2-4-8-15)11-12-27-19-10-6-5-9-16(19)17-13-18(21(24)28)20(23)25-22(17)27;19-16-14(17(20)24)11-13-12-5-1-2-6-15(12)23(18(13)21-16)10-9-22-7-3-4-8-22;1-9(22)19-6-7-21-13-5-3-2-4-10(13)11-8-12(15(18)23)14(17)20-16(11)21;1-2-20-11-6-4-3-5-8(11)9-7-10(12(16)21)13(18-14(9)20)19-15(17)22/h2-10,13H,11-12,14H2,1H3,(H2,23,25)(H2,24,28);1-8,11H,9-10H2,(H2,19,21)(H2,20,24);2-5,8H,6-7H2,1H3,(H2,17,20)(H2,18,23)(H,19,22);3-7H,2H2,1H3,(H2,16,21)(H3,17,18,19,22). The van der Waals surface area contributed by atoms with E-state index in [-0.39, 0.29) is 51.4 Å². The van der Waals surface area contributed by atoms with Crippen molar-refractivity contribution in [2.75, 3.05) is 42.7 Å². The Morgan fingerprint density at radius 3 is 1.21 bits per heavy atom. The lowest BCUT2D eigenvalue weighted by Gasteiger charge is -2.18. The number of nitrogens with zero attached hydrogens (tertiary/aromatic N) is 10. The van der Waals surface area contributed by atoms with Gasteiger partial charge in [0.2, 0.25) is 5.91 Å². The van der Waals surface area contributed by atoms with Crippen molar-refractivity contribution in [2.45, 2.75) is 53.1 Å². The number of fused-ring (bicyclic) bond motifs is 12. The summed E-state index contributed by atoms with van der Waals surface area (Å²) in [5, 5.41) is 12.5. The number of anilines is 4. The van der Waals surface area contributed by atoms with Crippen LogP contribution < -0.4 is 56.5 Å². The van der Waals surface area contributed by atoms with Crippen molar-refractivity contribution < 1.29 is 28.8 Å². The number of aryl methyl sites for hydroxylation is 3. The van der Waals surface area contributed by atoms with Gasteiger partial charge in [-0.2, -0.15) is 0 Å². The third-order valence-corrected chi connectivity index (χ3v) is 16.6. The van der Waals surface area contributed by atoms with Crippen LogP contribution in [0.1, 0.15) is 60.8 Å². The van der Waals surface area contributed by atoms with Gasteiger partial charge in [-0.1, -0.05) is 103 Å². The van der Waals surface area contributed by atoms with Crippen LogP contribution in [-0.4, -0.2) is 103 Å². The Labute approximate surface area is 554 Å². The molecule has 9 heterocycles. The van der Waals surface area contributed by atoms with E-state index >= 15 is 0 Å². The zero-order valence-corrected chi connectivity index (χ0v) is 53.4. The van der Waals surface area contributed by atoms with E-state index in [0.717, 1.165) is 109 Å². The molecule has 492 valence electrons. The molecule has 0 aliphatic carbocycles. The number of amides is 7. The average Bonchev–Trinajstić information content (AvgIpc) is 1.64. The van der Waals surface area contributed by atoms with Crippen molar-refractivity contribution in [3.05, 3.63) is 204 Å². The highest BCUT2D eigenvalue weighted by Gasteiger charge is 2.22. The Kier molecular flexibility index (Phi) is 19.1. The van der Waals surface area contributed by atoms with Crippen LogP contribution in [0.5, 0.6) is 0 Å². The number of nitrogens with one attached hydrogen (secondary N) is 2. The zero-order chi connectivity index (χ0) is 68.8. The van der Waals surface area contributed by atoms with Gasteiger partial charge in [0, 0.05) is 115 Å². The number of aromatic nitrogens is 9. The molecule has 97 heavy (non-hydrogen) atoms. The molecule has 14 aromatic rings. The molecule has 0 bridgehead atoms. The summed E-state index contributed by atoms with van der Waals surface area (Å²) in [6.07, 6.45) is 4.06. The van der Waals surface area contributed by atoms with Crippen LogP contribution in [0.3, 0.4) is 0 Å². The monoisotopic (exact) mass is 1300 g/mol. The quantitative estimate of drug-likeness (QED) is 0.0411. The molecule has 0 unspecified atom stereocenters. The SMILES string of the molecule is CC(=O)NCCn1c2ccccc2c2cc(C(N)=O)c(N)nc21.CCn1c2ccccc2c2cc(C(N)=O)c(NC(N)=O)nc21.CN(CCn1c2ccccc2c2cc(C(N)=O)c(N)nc21)Cc1ccccc1.NC(=O)c1cc2c3ccccc3n(CCn3cccc3)c2nc1N. The number of pyridine rings is 4. The third-order valence-electron chi connectivity index (χ3n) is 16.6. The lowest BCUT2D eigenvalue weighted by molar-refractivity contribution is -0.119. The second-order valence-electron chi connectivity index (χ2n) is 23.0. The minimum absolute atomic E-state index is 0.0741. The highest BCUT2D eigenvalue weighted by atomic mass is 16.2. The second kappa shape index (κ2) is 28.2. The molecule has 0 fully saturated rings. The summed E-state index contributed by atoms with van der Waals surface area (Å²) in [4.78, 5) is 88.6. The third kappa shape index (κ3) is 13.7. The molecular formula is C71H72N20O6. The predicted molar refractivity (Wildman–Crippen MR) is 381 cm³/mol. The molecule has 0 saturated heterocycles. The van der Waals surface area contributed by atoms with Crippen LogP contribution in [0.2, 0.25) is 0 Å². The van der Waals surface area contributed by atoms with Crippen LogP contribution in [0, 0.1) is 0 Å². The Morgan fingerprint density at radius 1 is 0.433 bits per heavy atom. The van der Waals surface area contributed by atoms with E-state index in [1.165, 1.54) is 12.5 Å². The normalized spacial score (nSPS) is 11.2. The summed E-state index contributed by atoms with van der Waals surface area (Å²) in [5.74, 6) is -1.98. The van der Waals surface area contributed by atoms with E-state index in [1.54, 1.807) is 24.3 Å². The fraction of sp³-hybridized carbons (Fsp3) is 0.155. The Balaban J connectivity index is 0.000000132. The van der Waals surface area contributed by atoms with Gasteiger partial charge in [-0.3, -0.25) is 29.3 Å². The van der Waals surface area contributed by atoms with Gasteiger partial charge in [-0.05, 0) is 80.2 Å². The number of benzene rings is 5. The Bertz CT molecular complexity index is 5360. The highest BCUT2D eigenvalue weighted by Crippen LogP contribution is 2.35. The summed E-state index contributed by atoms with van der Waals surface area (Å²) in [6, 6.07) is 52.1. The molecule has 7 amide bonds. The summed E-state index contributed by atoms with van der Waals surface area (Å²) >= 11 is 0. The van der Waals surface area contributed by atoms with Gasteiger partial charge in [-0.15, -0.1) is 0 Å². The minimum Gasteiger partial charge on any atom is -0.383 e. The molecule has 0 aliphatic rings. The first-order chi connectivity index (χ1) is 46.7. The number of likely N-dealkylation sites (N-methyl/N-ethyl adjacent to an activating group) is 1. The number of nitrogen functional groups attached to an aromatic ring is 3. The van der Waals surface area contributed by atoms with Gasteiger partial charge >= 0.3 is 6.03 Å². The summed E-state index contributed by atoms with van der Waals surface area (Å²) in [7, 11) is 2.11. The molecular weight excluding hydrogens is 1230 g/mol. The number of urea groups is 1. The van der Waals surface area contributed by atoms with Crippen LogP contribution in [0.4, 0.5) is 28.1 Å². The van der Waals surface area contributed by atoms with E-state index < -0.39 is 29.7 Å². The molecule has 0 atom stereocenters. The van der Waals surface area contributed by atoms with Gasteiger partial charge in [-0.25, -0.2) is 24.7 Å². The van der Waals surface area contributed by atoms with E-state index in [2.05, 4.69) is 86.6 Å². The number of para-hydroxylation sites is 4. The van der Waals surface area contributed by atoms with Gasteiger partial charge < -0.3 is 78.9 Å². The first-order valence-corrected chi connectivity index (χ1v) is 31.0. The van der Waals surface area contributed by atoms with Gasteiger partial charge in [0.1, 0.15) is 45.9 Å². The van der Waals surface area contributed by atoms with Crippen molar-refractivity contribution >= 4 is 147 Å². The molecule has 18 N–H and O–H groups in total. The molecule has 5 aromatic carbocycles. The maximum atomic E-state index is 11.7. The van der Waals surface area contributed by atoms with Gasteiger partial charge in [0.05, 0.1) is 44.3 Å². The fourth-order valence-corrected chi connectivity index (χ4v) is 12.2. The van der Waals surface area contributed by atoms with Crippen molar-refractivity contribution in [1.82, 2.24) is 53.0 Å². The number of primary amides is 5. The number of carbonyl (C=O) groups is 6. The Morgan fingerprint density at radius 2 is 0.804 bits per heavy atom. The van der Waals surface area contributed by atoms with Crippen molar-refractivity contribution in [2.24, 2.45) is 28.7 Å². The van der Waals surface area contributed by atoms with Gasteiger partial charge in [0.15, 0.2) is 0 Å². The zero-order valence-electron chi connectivity index (χ0n) is 53.4. The van der Waals surface area contributed by atoms with Crippen LogP contribution in [0.15, 0.2) is 176 Å². The largest absolute Gasteiger partial charge is 0.383 e.